The summed E-state index contributed by atoms with van der Waals surface area (Å²) in [5.74, 6) is -0.389. The maximum Gasteiger partial charge on any atom is 0.408 e. The van der Waals surface area contributed by atoms with E-state index in [1.807, 2.05) is 45.9 Å². The molecule has 0 fully saturated rings. The molecule has 3 amide bonds. The van der Waals surface area contributed by atoms with Crippen LogP contribution in [0, 0.1) is 19.8 Å². The van der Waals surface area contributed by atoms with Crippen molar-refractivity contribution in [3.8, 4) is 0 Å². The summed E-state index contributed by atoms with van der Waals surface area (Å²) >= 11 is 0. The number of carbonyl (C=O) groups excluding carboxylic acids is 3. The van der Waals surface area contributed by atoms with Crippen LogP contribution < -0.4 is 10.6 Å². The van der Waals surface area contributed by atoms with Gasteiger partial charge in [-0.2, -0.15) is 0 Å². The number of amides is 3. The summed E-state index contributed by atoms with van der Waals surface area (Å²) in [4.78, 5) is 41.0. The van der Waals surface area contributed by atoms with Gasteiger partial charge in [0.15, 0.2) is 0 Å². The lowest BCUT2D eigenvalue weighted by molar-refractivity contribution is -0.141. The first-order chi connectivity index (χ1) is 15.8. The maximum atomic E-state index is 13.7. The third-order valence-electron chi connectivity index (χ3n) is 5.57. The predicted molar refractivity (Wildman–Crippen MR) is 137 cm³/mol. The van der Waals surface area contributed by atoms with Crippen molar-refractivity contribution in [2.24, 2.45) is 5.92 Å². The van der Waals surface area contributed by atoms with E-state index in [9.17, 15) is 14.4 Å². The summed E-state index contributed by atoms with van der Waals surface area (Å²) in [5, 5.41) is 5.75. The molecule has 0 aliphatic carbocycles. The van der Waals surface area contributed by atoms with Gasteiger partial charge in [-0.3, -0.25) is 9.59 Å². The first-order valence-corrected chi connectivity index (χ1v) is 12.4. The molecule has 7 nitrogen and oxygen atoms in total. The summed E-state index contributed by atoms with van der Waals surface area (Å²) in [6.07, 6.45) is 2.75. The number of hydrogen-bond donors (Lipinski definition) is 2. The molecular weight excluding hydrogens is 430 g/mol. The Bertz CT molecular complexity index is 809. The van der Waals surface area contributed by atoms with Crippen molar-refractivity contribution >= 4 is 17.9 Å². The van der Waals surface area contributed by atoms with Crippen LogP contribution in [-0.4, -0.2) is 48.0 Å². The van der Waals surface area contributed by atoms with Gasteiger partial charge in [0.2, 0.25) is 11.8 Å². The fraction of sp³-hybridized carbons (Fsp3) is 0.667. The van der Waals surface area contributed by atoms with E-state index < -0.39 is 23.8 Å². The third-order valence-corrected chi connectivity index (χ3v) is 5.57. The Balaban J connectivity index is 3.28. The molecule has 0 saturated carbocycles. The van der Waals surface area contributed by atoms with E-state index in [0.717, 1.165) is 36.0 Å². The molecule has 2 atom stereocenters. The quantitative estimate of drug-likeness (QED) is 0.439. The zero-order valence-electron chi connectivity index (χ0n) is 22.6. The number of ether oxygens (including phenoxy) is 1. The zero-order chi connectivity index (χ0) is 26.1. The number of likely N-dealkylation sites (N-methyl/N-ethyl adjacent to an activating group) is 1. The van der Waals surface area contributed by atoms with E-state index in [4.69, 9.17) is 4.74 Å². The molecule has 0 aliphatic heterocycles. The fourth-order valence-corrected chi connectivity index (χ4v) is 3.96. The molecule has 0 spiro atoms. The SMILES string of the molecule is CCCCCNC(=O)C(c1c(C)cccc1C)N(C)C(=O)C(CC(C)C)NC(=O)OC(C)(C)C. The minimum atomic E-state index is -0.806. The standard InChI is InChI=1S/C27H45N3O4/c1-10-11-12-16-28-24(31)23(22-19(4)14-13-15-20(22)5)30(9)25(32)21(17-18(2)3)29-26(33)34-27(6,7)8/h13-15,18,21,23H,10-12,16-17H2,1-9H3,(H,28,31)(H,29,33). The lowest BCUT2D eigenvalue weighted by atomic mass is 9.93. The number of benzene rings is 1. The molecule has 0 aliphatic rings. The number of alkyl carbamates (subject to hydrolysis) is 1. The zero-order valence-corrected chi connectivity index (χ0v) is 22.6. The van der Waals surface area contributed by atoms with Gasteiger partial charge in [-0.25, -0.2) is 4.79 Å². The highest BCUT2D eigenvalue weighted by Gasteiger charge is 2.35. The van der Waals surface area contributed by atoms with Crippen LogP contribution in [0.1, 0.15) is 90.0 Å². The number of unbranched alkanes of at least 4 members (excludes halogenated alkanes) is 2. The Morgan fingerprint density at radius 2 is 1.65 bits per heavy atom. The molecule has 2 N–H and O–H groups in total. The van der Waals surface area contributed by atoms with Crippen molar-refractivity contribution < 1.29 is 19.1 Å². The number of nitrogens with zero attached hydrogens (tertiary/aromatic N) is 1. The lowest BCUT2D eigenvalue weighted by Gasteiger charge is -2.33. The first-order valence-electron chi connectivity index (χ1n) is 12.4. The minimum absolute atomic E-state index is 0.152. The van der Waals surface area contributed by atoms with Crippen LogP contribution in [0.4, 0.5) is 4.79 Å². The number of aryl methyl sites for hydroxylation is 2. The van der Waals surface area contributed by atoms with Crippen molar-refractivity contribution in [1.29, 1.82) is 0 Å². The van der Waals surface area contributed by atoms with Gasteiger partial charge in [0.25, 0.3) is 0 Å². The molecule has 1 aromatic carbocycles. The van der Waals surface area contributed by atoms with Crippen LogP contribution in [0.15, 0.2) is 18.2 Å². The lowest BCUT2D eigenvalue weighted by Crippen LogP contribution is -2.52. The number of rotatable bonds is 11. The second kappa shape index (κ2) is 13.4. The Morgan fingerprint density at radius 3 is 2.15 bits per heavy atom. The van der Waals surface area contributed by atoms with Gasteiger partial charge in [0.05, 0.1) is 0 Å². The smallest absolute Gasteiger partial charge is 0.408 e. The van der Waals surface area contributed by atoms with Gasteiger partial charge in [0.1, 0.15) is 17.7 Å². The summed E-state index contributed by atoms with van der Waals surface area (Å²) in [5.41, 5.74) is 2.01. The highest BCUT2D eigenvalue weighted by atomic mass is 16.6. The van der Waals surface area contributed by atoms with E-state index in [1.54, 1.807) is 27.8 Å². The van der Waals surface area contributed by atoms with E-state index in [0.29, 0.717) is 13.0 Å². The number of carbonyl (C=O) groups is 3. The molecule has 7 heteroatoms. The fourth-order valence-electron chi connectivity index (χ4n) is 3.96. The molecule has 0 bridgehead atoms. The first kappa shape index (κ1) is 29.5. The molecule has 0 heterocycles. The molecule has 0 aromatic heterocycles. The van der Waals surface area contributed by atoms with E-state index in [-0.39, 0.29) is 17.7 Å². The molecule has 0 radical (unpaired) electrons. The Kier molecular flexibility index (Phi) is 11.6. The Morgan fingerprint density at radius 1 is 1.06 bits per heavy atom. The largest absolute Gasteiger partial charge is 0.444 e. The Hall–Kier alpha value is -2.57. The van der Waals surface area contributed by atoms with Gasteiger partial charge in [0, 0.05) is 13.6 Å². The minimum Gasteiger partial charge on any atom is -0.444 e. The van der Waals surface area contributed by atoms with Crippen LogP contribution in [0.2, 0.25) is 0 Å². The normalized spacial score (nSPS) is 13.2. The number of nitrogens with one attached hydrogen (secondary N) is 2. The van der Waals surface area contributed by atoms with Gasteiger partial charge >= 0.3 is 6.09 Å². The second-order valence-corrected chi connectivity index (χ2v) is 10.5. The van der Waals surface area contributed by atoms with Crippen molar-refractivity contribution in [1.82, 2.24) is 15.5 Å². The average Bonchev–Trinajstić information content (AvgIpc) is 2.70. The van der Waals surface area contributed by atoms with E-state index in [1.165, 1.54) is 4.90 Å². The highest BCUT2D eigenvalue weighted by molar-refractivity contribution is 5.92. The molecule has 192 valence electrons. The van der Waals surface area contributed by atoms with Gasteiger partial charge < -0.3 is 20.3 Å². The molecule has 1 rings (SSSR count). The van der Waals surface area contributed by atoms with Crippen molar-refractivity contribution in [2.45, 2.75) is 98.8 Å². The molecule has 1 aromatic rings. The average molecular weight is 476 g/mol. The van der Waals surface area contributed by atoms with Crippen LogP contribution in [-0.2, 0) is 14.3 Å². The van der Waals surface area contributed by atoms with Crippen LogP contribution >= 0.6 is 0 Å². The van der Waals surface area contributed by atoms with Crippen LogP contribution in [0.5, 0.6) is 0 Å². The molecule has 0 saturated heterocycles. The van der Waals surface area contributed by atoms with Crippen LogP contribution in [0.3, 0.4) is 0 Å². The summed E-state index contributed by atoms with van der Waals surface area (Å²) in [6.45, 7) is 15.9. The van der Waals surface area contributed by atoms with Gasteiger partial charge in [-0.1, -0.05) is 51.8 Å². The monoisotopic (exact) mass is 475 g/mol. The van der Waals surface area contributed by atoms with Crippen molar-refractivity contribution in [3.63, 3.8) is 0 Å². The van der Waals surface area contributed by atoms with E-state index >= 15 is 0 Å². The number of hydrogen-bond acceptors (Lipinski definition) is 4. The van der Waals surface area contributed by atoms with Gasteiger partial charge in [-0.15, -0.1) is 0 Å². The summed E-state index contributed by atoms with van der Waals surface area (Å²) < 4.78 is 5.39. The summed E-state index contributed by atoms with van der Waals surface area (Å²) in [6, 6.07) is 4.23. The highest BCUT2D eigenvalue weighted by Crippen LogP contribution is 2.28. The van der Waals surface area contributed by atoms with E-state index in [2.05, 4.69) is 17.6 Å². The Labute approximate surface area is 206 Å². The second-order valence-electron chi connectivity index (χ2n) is 10.5. The topological polar surface area (TPSA) is 87.7 Å². The maximum absolute atomic E-state index is 13.7. The van der Waals surface area contributed by atoms with Gasteiger partial charge in [-0.05, 0) is 70.1 Å². The van der Waals surface area contributed by atoms with Crippen molar-refractivity contribution in [3.05, 3.63) is 34.9 Å². The molecule has 2 unspecified atom stereocenters. The van der Waals surface area contributed by atoms with Crippen LogP contribution in [0.25, 0.3) is 0 Å². The predicted octanol–water partition coefficient (Wildman–Crippen LogP) is 5.05. The molecule has 34 heavy (non-hydrogen) atoms. The van der Waals surface area contributed by atoms with Crippen molar-refractivity contribution in [2.75, 3.05) is 13.6 Å². The summed E-state index contributed by atoms with van der Waals surface area (Å²) in [7, 11) is 1.63. The molecular formula is C27H45N3O4. The third kappa shape index (κ3) is 9.35.